The lowest BCUT2D eigenvalue weighted by Crippen LogP contribution is -2.24. The van der Waals surface area contributed by atoms with Crippen molar-refractivity contribution in [2.24, 2.45) is 7.05 Å². The molecule has 1 rings (SSSR count). The summed E-state index contributed by atoms with van der Waals surface area (Å²) in [4.78, 5) is 13.9. The van der Waals surface area contributed by atoms with Crippen LogP contribution in [0.25, 0.3) is 0 Å². The number of nitrogens with zero attached hydrogens (tertiary/aromatic N) is 2. The van der Waals surface area contributed by atoms with E-state index in [1.54, 1.807) is 0 Å². The van der Waals surface area contributed by atoms with Crippen LogP contribution < -0.4 is 11.3 Å². The third kappa shape index (κ3) is 1.79. The van der Waals surface area contributed by atoms with Crippen LogP contribution in [0, 0.1) is 0 Å². The lowest BCUT2D eigenvalue weighted by atomic mass is 10.4. The van der Waals surface area contributed by atoms with Crippen molar-refractivity contribution in [3.63, 3.8) is 0 Å². The molecule has 4 nitrogen and oxygen atoms in total. The Kier molecular flexibility index (Phi) is 2.02. The molecule has 72 valence electrons. The standard InChI is InChI=1S/C6H6F3N3O/c1-12-4(13)2-3(6(7,8)9)11-5(12)10/h2H,1H3,(H2,10,11). The maximum Gasteiger partial charge on any atom is 0.433 e. The van der Waals surface area contributed by atoms with E-state index < -0.39 is 23.4 Å². The van der Waals surface area contributed by atoms with Gasteiger partial charge in [-0.15, -0.1) is 0 Å². The van der Waals surface area contributed by atoms with Crippen LogP contribution in [0.5, 0.6) is 0 Å². The van der Waals surface area contributed by atoms with Crippen LogP contribution in [-0.4, -0.2) is 9.55 Å². The Morgan fingerprint density at radius 3 is 2.46 bits per heavy atom. The van der Waals surface area contributed by atoms with Crippen LogP contribution in [-0.2, 0) is 13.2 Å². The molecule has 0 saturated carbocycles. The predicted molar refractivity (Wildman–Crippen MR) is 38.9 cm³/mol. The van der Waals surface area contributed by atoms with E-state index in [4.69, 9.17) is 5.73 Å². The third-order valence-electron chi connectivity index (χ3n) is 1.46. The third-order valence-corrected chi connectivity index (χ3v) is 1.46. The summed E-state index contributed by atoms with van der Waals surface area (Å²) in [7, 11) is 1.24. The highest BCUT2D eigenvalue weighted by Gasteiger charge is 2.33. The SMILES string of the molecule is Cn1c(N)nc(C(F)(F)F)cc1=O. The van der Waals surface area contributed by atoms with Crippen molar-refractivity contribution < 1.29 is 13.2 Å². The number of hydrogen-bond donors (Lipinski definition) is 1. The molecule has 0 fully saturated rings. The number of hydrogen-bond acceptors (Lipinski definition) is 3. The zero-order valence-corrected chi connectivity index (χ0v) is 6.59. The molecule has 0 radical (unpaired) electrons. The summed E-state index contributed by atoms with van der Waals surface area (Å²) in [6.45, 7) is 0. The molecule has 0 aliphatic rings. The van der Waals surface area contributed by atoms with Gasteiger partial charge in [0.15, 0.2) is 5.69 Å². The number of aromatic nitrogens is 2. The van der Waals surface area contributed by atoms with Crippen LogP contribution >= 0.6 is 0 Å². The average Bonchev–Trinajstić information content (AvgIpc) is 1.97. The second-order valence-corrected chi connectivity index (χ2v) is 2.39. The molecule has 0 bridgehead atoms. The first kappa shape index (κ1) is 9.56. The zero-order chi connectivity index (χ0) is 10.2. The van der Waals surface area contributed by atoms with Crippen LogP contribution in [0.4, 0.5) is 19.1 Å². The Morgan fingerprint density at radius 1 is 1.54 bits per heavy atom. The van der Waals surface area contributed by atoms with Gasteiger partial charge in [0, 0.05) is 13.1 Å². The number of anilines is 1. The topological polar surface area (TPSA) is 60.9 Å². The predicted octanol–water partition coefficient (Wildman–Crippen LogP) is 0.381. The Morgan fingerprint density at radius 2 is 2.08 bits per heavy atom. The molecule has 1 aromatic heterocycles. The summed E-state index contributed by atoms with van der Waals surface area (Å²) in [5.74, 6) is -0.458. The van der Waals surface area contributed by atoms with Gasteiger partial charge in [0.05, 0.1) is 0 Å². The minimum absolute atomic E-state index is 0.399. The van der Waals surface area contributed by atoms with Crippen LogP contribution in [0.3, 0.4) is 0 Å². The van der Waals surface area contributed by atoms with Crippen molar-refractivity contribution in [1.82, 2.24) is 9.55 Å². The van der Waals surface area contributed by atoms with Crippen LogP contribution in [0.15, 0.2) is 10.9 Å². The van der Waals surface area contributed by atoms with Crippen molar-refractivity contribution in [3.05, 3.63) is 22.1 Å². The number of halogens is 3. The zero-order valence-electron chi connectivity index (χ0n) is 6.59. The Labute approximate surface area is 70.8 Å². The molecule has 0 aliphatic heterocycles. The number of nitrogen functional groups attached to an aromatic ring is 1. The first-order valence-electron chi connectivity index (χ1n) is 3.23. The van der Waals surface area contributed by atoms with Crippen molar-refractivity contribution >= 4 is 5.95 Å². The minimum atomic E-state index is -4.64. The highest BCUT2D eigenvalue weighted by Crippen LogP contribution is 2.26. The van der Waals surface area contributed by atoms with Gasteiger partial charge in [-0.25, -0.2) is 4.98 Å². The summed E-state index contributed by atoms with van der Waals surface area (Å²) in [6.07, 6.45) is -4.64. The number of nitrogens with two attached hydrogens (primary N) is 1. The van der Waals surface area contributed by atoms with Crippen LogP contribution in [0.1, 0.15) is 5.69 Å². The average molecular weight is 193 g/mol. The summed E-state index contributed by atoms with van der Waals surface area (Å²) >= 11 is 0. The maximum atomic E-state index is 12.0. The minimum Gasteiger partial charge on any atom is -0.369 e. The van der Waals surface area contributed by atoms with E-state index in [0.29, 0.717) is 6.07 Å². The van der Waals surface area contributed by atoms with E-state index in [1.165, 1.54) is 7.05 Å². The first-order valence-corrected chi connectivity index (χ1v) is 3.23. The van der Waals surface area contributed by atoms with Crippen molar-refractivity contribution in [3.8, 4) is 0 Å². The molecule has 2 N–H and O–H groups in total. The Balaban J connectivity index is 3.38. The van der Waals surface area contributed by atoms with Gasteiger partial charge < -0.3 is 5.73 Å². The monoisotopic (exact) mass is 193 g/mol. The van der Waals surface area contributed by atoms with E-state index in [1.807, 2.05) is 0 Å². The second-order valence-electron chi connectivity index (χ2n) is 2.39. The highest BCUT2D eigenvalue weighted by atomic mass is 19.4. The largest absolute Gasteiger partial charge is 0.433 e. The molecule has 0 unspecified atom stereocenters. The normalized spacial score (nSPS) is 11.7. The van der Waals surface area contributed by atoms with Crippen molar-refractivity contribution in [2.45, 2.75) is 6.18 Å². The molecule has 0 saturated heterocycles. The molecule has 7 heteroatoms. The fraction of sp³-hybridized carbons (Fsp3) is 0.333. The van der Waals surface area contributed by atoms with E-state index in [9.17, 15) is 18.0 Å². The van der Waals surface area contributed by atoms with Gasteiger partial charge in [-0.05, 0) is 0 Å². The van der Waals surface area contributed by atoms with Crippen molar-refractivity contribution in [2.75, 3.05) is 5.73 Å². The molecule has 0 spiro atoms. The fourth-order valence-electron chi connectivity index (χ4n) is 0.703. The summed E-state index contributed by atoms with van der Waals surface area (Å²) in [5, 5.41) is 0. The summed E-state index contributed by atoms with van der Waals surface area (Å²) in [6, 6.07) is 0.399. The molecular weight excluding hydrogens is 187 g/mol. The molecule has 0 aromatic carbocycles. The lowest BCUT2D eigenvalue weighted by Gasteiger charge is -2.07. The molecule has 0 amide bonds. The van der Waals surface area contributed by atoms with Crippen LogP contribution in [0.2, 0.25) is 0 Å². The molecule has 1 aromatic rings. The van der Waals surface area contributed by atoms with Gasteiger partial charge in [0.25, 0.3) is 5.56 Å². The molecule has 13 heavy (non-hydrogen) atoms. The van der Waals surface area contributed by atoms with Gasteiger partial charge in [0.1, 0.15) is 0 Å². The van der Waals surface area contributed by atoms with Crippen molar-refractivity contribution in [1.29, 1.82) is 0 Å². The molecule has 0 atom stereocenters. The molecule has 1 heterocycles. The summed E-state index contributed by atoms with van der Waals surface area (Å²) < 4.78 is 36.9. The van der Waals surface area contributed by atoms with Gasteiger partial charge in [-0.3, -0.25) is 9.36 Å². The Bertz CT molecular complexity index is 382. The van der Waals surface area contributed by atoms with Gasteiger partial charge >= 0.3 is 6.18 Å². The molecular formula is C6H6F3N3O. The lowest BCUT2D eigenvalue weighted by molar-refractivity contribution is -0.141. The summed E-state index contributed by atoms with van der Waals surface area (Å²) in [5.41, 5.74) is 2.97. The van der Waals surface area contributed by atoms with Gasteiger partial charge in [-0.1, -0.05) is 0 Å². The van der Waals surface area contributed by atoms with Gasteiger partial charge in [0.2, 0.25) is 5.95 Å². The maximum absolute atomic E-state index is 12.0. The second kappa shape index (κ2) is 2.75. The highest BCUT2D eigenvalue weighted by molar-refractivity contribution is 5.21. The number of rotatable bonds is 0. The van der Waals surface area contributed by atoms with E-state index >= 15 is 0 Å². The Hall–Kier alpha value is -1.53. The first-order chi connectivity index (χ1) is 5.82. The number of alkyl halides is 3. The van der Waals surface area contributed by atoms with E-state index in [0.717, 1.165) is 4.57 Å². The fourth-order valence-corrected chi connectivity index (χ4v) is 0.703. The van der Waals surface area contributed by atoms with Gasteiger partial charge in [-0.2, -0.15) is 13.2 Å². The molecule has 0 aliphatic carbocycles. The van der Waals surface area contributed by atoms with E-state index in [2.05, 4.69) is 4.98 Å². The smallest absolute Gasteiger partial charge is 0.369 e. The van der Waals surface area contributed by atoms with E-state index in [-0.39, 0.29) is 0 Å². The quantitative estimate of drug-likeness (QED) is 0.648.